The zero-order valence-corrected chi connectivity index (χ0v) is 12.7. The molecule has 0 aliphatic carbocycles. The summed E-state index contributed by atoms with van der Waals surface area (Å²) in [5.41, 5.74) is 0.392. The Morgan fingerprint density at radius 3 is 2.95 bits per heavy atom. The van der Waals surface area contributed by atoms with Crippen molar-refractivity contribution in [1.29, 1.82) is 0 Å². The van der Waals surface area contributed by atoms with Crippen molar-refractivity contribution in [1.82, 2.24) is 10.6 Å². The molecule has 1 heterocycles. The van der Waals surface area contributed by atoms with Crippen LogP contribution in [-0.4, -0.2) is 25.1 Å². The summed E-state index contributed by atoms with van der Waals surface area (Å²) in [7, 11) is 1.60. The van der Waals surface area contributed by atoms with Crippen LogP contribution < -0.4 is 15.4 Å². The maximum Gasteiger partial charge on any atom is 0.240 e. The van der Waals surface area contributed by atoms with Crippen molar-refractivity contribution in [3.63, 3.8) is 0 Å². The predicted molar refractivity (Wildman–Crippen MR) is 80.1 cm³/mol. The highest BCUT2D eigenvalue weighted by Gasteiger charge is 2.38. The third-order valence-electron chi connectivity index (χ3n) is 4.00. The van der Waals surface area contributed by atoms with Gasteiger partial charge in [-0.05, 0) is 37.9 Å². The summed E-state index contributed by atoms with van der Waals surface area (Å²) in [5.74, 6) is 0.738. The summed E-state index contributed by atoms with van der Waals surface area (Å²) in [4.78, 5) is 12.4. The van der Waals surface area contributed by atoms with Gasteiger partial charge in [0, 0.05) is 17.1 Å². The fourth-order valence-electron chi connectivity index (χ4n) is 2.70. The molecule has 2 rings (SSSR count). The van der Waals surface area contributed by atoms with Gasteiger partial charge in [0.25, 0.3) is 0 Å². The van der Waals surface area contributed by atoms with Gasteiger partial charge in [0.05, 0.1) is 12.6 Å². The molecule has 1 aliphatic rings. The van der Waals surface area contributed by atoms with E-state index in [2.05, 4.69) is 10.6 Å². The van der Waals surface area contributed by atoms with E-state index in [0.29, 0.717) is 17.3 Å². The molecule has 1 unspecified atom stereocenters. The molecule has 5 heteroatoms. The lowest BCUT2D eigenvalue weighted by molar-refractivity contribution is -0.127. The molecule has 1 saturated heterocycles. The molecule has 2 N–H and O–H groups in total. The molecular formula is C15H21ClN2O2. The Kier molecular flexibility index (Phi) is 4.89. The average molecular weight is 297 g/mol. The second-order valence-corrected chi connectivity index (χ2v) is 5.48. The van der Waals surface area contributed by atoms with Crippen molar-refractivity contribution in [2.24, 2.45) is 0 Å². The Morgan fingerprint density at radius 1 is 1.55 bits per heavy atom. The number of carbonyl (C=O) groups is 1. The number of carbonyl (C=O) groups excluding carboxylic acids is 1. The molecule has 110 valence electrons. The number of nitrogens with one attached hydrogen (secondary N) is 2. The third kappa shape index (κ3) is 2.91. The number of hydrogen-bond donors (Lipinski definition) is 2. The van der Waals surface area contributed by atoms with Crippen molar-refractivity contribution in [2.75, 3.05) is 13.7 Å². The van der Waals surface area contributed by atoms with E-state index in [0.717, 1.165) is 31.4 Å². The number of methoxy groups -OCH3 is 1. The van der Waals surface area contributed by atoms with E-state index < -0.39 is 5.54 Å². The van der Waals surface area contributed by atoms with Gasteiger partial charge < -0.3 is 15.4 Å². The van der Waals surface area contributed by atoms with Crippen molar-refractivity contribution in [3.05, 3.63) is 28.8 Å². The summed E-state index contributed by atoms with van der Waals surface area (Å²) in [5, 5.41) is 6.91. The first-order valence-corrected chi connectivity index (χ1v) is 7.35. The molecule has 20 heavy (non-hydrogen) atoms. The minimum Gasteiger partial charge on any atom is -0.496 e. The summed E-state index contributed by atoms with van der Waals surface area (Å²) < 4.78 is 5.28. The van der Waals surface area contributed by atoms with Crippen LogP contribution >= 0.6 is 11.6 Å². The number of hydrogen-bond acceptors (Lipinski definition) is 3. The lowest BCUT2D eigenvalue weighted by atomic mass is 9.93. The predicted octanol–water partition coefficient (Wildman–Crippen LogP) is 2.50. The monoisotopic (exact) mass is 296 g/mol. The number of benzene rings is 1. The van der Waals surface area contributed by atoms with Crippen LogP contribution in [0.25, 0.3) is 0 Å². The molecule has 1 aromatic carbocycles. The van der Waals surface area contributed by atoms with Gasteiger partial charge in [0.15, 0.2) is 0 Å². The van der Waals surface area contributed by atoms with E-state index in [9.17, 15) is 4.79 Å². The first-order chi connectivity index (χ1) is 9.63. The molecule has 1 amide bonds. The molecule has 4 nitrogen and oxygen atoms in total. The lowest BCUT2D eigenvalue weighted by Crippen LogP contribution is -2.52. The first kappa shape index (κ1) is 15.1. The van der Waals surface area contributed by atoms with Gasteiger partial charge in [0.2, 0.25) is 5.91 Å². The first-order valence-electron chi connectivity index (χ1n) is 6.97. The zero-order chi connectivity index (χ0) is 14.6. The van der Waals surface area contributed by atoms with Gasteiger partial charge in [-0.2, -0.15) is 0 Å². The van der Waals surface area contributed by atoms with Crippen LogP contribution in [0.3, 0.4) is 0 Å². The van der Waals surface area contributed by atoms with Crippen LogP contribution in [0.4, 0.5) is 0 Å². The van der Waals surface area contributed by atoms with E-state index in [1.165, 1.54) is 0 Å². The summed E-state index contributed by atoms with van der Waals surface area (Å²) in [6, 6.07) is 5.48. The third-order valence-corrected chi connectivity index (χ3v) is 4.36. The maximum atomic E-state index is 12.4. The van der Waals surface area contributed by atoms with Gasteiger partial charge in [-0.15, -0.1) is 0 Å². The van der Waals surface area contributed by atoms with E-state index in [-0.39, 0.29) is 5.91 Å². The molecule has 1 aliphatic heterocycles. The summed E-state index contributed by atoms with van der Waals surface area (Å²) in [6.45, 7) is 3.32. The topological polar surface area (TPSA) is 50.4 Å². The van der Waals surface area contributed by atoms with Gasteiger partial charge in [-0.3, -0.25) is 4.79 Å². The van der Waals surface area contributed by atoms with Crippen molar-refractivity contribution in [3.8, 4) is 5.75 Å². The maximum absolute atomic E-state index is 12.4. The summed E-state index contributed by atoms with van der Waals surface area (Å²) in [6.07, 6.45) is 2.71. The Hall–Kier alpha value is -1.26. The van der Waals surface area contributed by atoms with Crippen LogP contribution in [0.5, 0.6) is 5.75 Å². The van der Waals surface area contributed by atoms with Crippen molar-refractivity contribution in [2.45, 2.75) is 38.3 Å². The Balaban J connectivity index is 2.07. The molecule has 0 radical (unpaired) electrons. The van der Waals surface area contributed by atoms with E-state index in [1.54, 1.807) is 13.2 Å². The SMILES string of the molecule is CCC1(C(=O)NCc2c(Cl)cccc2OC)CCCN1. The molecular weight excluding hydrogens is 276 g/mol. The van der Waals surface area contributed by atoms with Crippen LogP contribution in [0.15, 0.2) is 18.2 Å². The Morgan fingerprint density at radius 2 is 2.35 bits per heavy atom. The lowest BCUT2D eigenvalue weighted by Gasteiger charge is -2.27. The van der Waals surface area contributed by atoms with Gasteiger partial charge in [-0.25, -0.2) is 0 Å². The Labute approximate surface area is 124 Å². The van der Waals surface area contributed by atoms with E-state index in [4.69, 9.17) is 16.3 Å². The average Bonchev–Trinajstić information content (AvgIpc) is 2.95. The second-order valence-electron chi connectivity index (χ2n) is 5.07. The van der Waals surface area contributed by atoms with E-state index in [1.807, 2.05) is 19.1 Å². The molecule has 1 aromatic rings. The van der Waals surface area contributed by atoms with Gasteiger partial charge in [0.1, 0.15) is 5.75 Å². The molecule has 1 fully saturated rings. The summed E-state index contributed by atoms with van der Waals surface area (Å²) >= 11 is 6.17. The number of ether oxygens (including phenoxy) is 1. The Bertz CT molecular complexity index is 485. The minimum atomic E-state index is -0.422. The quantitative estimate of drug-likeness (QED) is 0.878. The normalized spacial score (nSPS) is 21.8. The van der Waals surface area contributed by atoms with Crippen molar-refractivity contribution >= 4 is 17.5 Å². The fourth-order valence-corrected chi connectivity index (χ4v) is 2.93. The minimum absolute atomic E-state index is 0.0412. The number of halogens is 1. The molecule has 1 atom stereocenters. The number of amides is 1. The smallest absolute Gasteiger partial charge is 0.240 e. The van der Waals surface area contributed by atoms with Crippen LogP contribution in [-0.2, 0) is 11.3 Å². The van der Waals surface area contributed by atoms with Crippen LogP contribution in [0, 0.1) is 0 Å². The second kappa shape index (κ2) is 6.46. The van der Waals surface area contributed by atoms with Gasteiger partial charge >= 0.3 is 0 Å². The standard InChI is InChI=1S/C15H21ClN2O2/c1-3-15(8-5-9-18-15)14(19)17-10-11-12(16)6-4-7-13(11)20-2/h4,6-7,18H,3,5,8-10H2,1-2H3,(H,17,19). The zero-order valence-electron chi connectivity index (χ0n) is 12.0. The van der Waals surface area contributed by atoms with E-state index >= 15 is 0 Å². The van der Waals surface area contributed by atoms with Gasteiger partial charge in [-0.1, -0.05) is 24.6 Å². The molecule has 0 spiro atoms. The van der Waals surface area contributed by atoms with Crippen molar-refractivity contribution < 1.29 is 9.53 Å². The molecule has 0 aromatic heterocycles. The fraction of sp³-hybridized carbons (Fsp3) is 0.533. The van der Waals surface area contributed by atoms with Crippen LogP contribution in [0.1, 0.15) is 31.7 Å². The van der Waals surface area contributed by atoms with Crippen LogP contribution in [0.2, 0.25) is 5.02 Å². The highest BCUT2D eigenvalue weighted by atomic mass is 35.5. The largest absolute Gasteiger partial charge is 0.496 e. The highest BCUT2D eigenvalue weighted by molar-refractivity contribution is 6.31. The highest BCUT2D eigenvalue weighted by Crippen LogP contribution is 2.27. The molecule has 0 saturated carbocycles. The molecule has 0 bridgehead atoms. The number of rotatable bonds is 5.